The van der Waals surface area contributed by atoms with E-state index in [1.807, 2.05) is 13.8 Å². The summed E-state index contributed by atoms with van der Waals surface area (Å²) in [6.07, 6.45) is -1.08. The lowest BCUT2D eigenvalue weighted by Crippen LogP contribution is -2.08. The van der Waals surface area contributed by atoms with Crippen LogP contribution in [0.3, 0.4) is 0 Å². The summed E-state index contributed by atoms with van der Waals surface area (Å²) >= 11 is 0. The molecule has 0 aliphatic rings. The molecule has 0 fully saturated rings. The molecule has 12 heavy (non-hydrogen) atoms. The summed E-state index contributed by atoms with van der Waals surface area (Å²) in [7, 11) is 0. The molecule has 0 atom stereocenters. The molecule has 0 radical (unpaired) electrons. The van der Waals surface area contributed by atoms with Crippen LogP contribution < -0.4 is 0 Å². The third-order valence-corrected chi connectivity index (χ3v) is 1.49. The summed E-state index contributed by atoms with van der Waals surface area (Å²) in [6, 6.07) is 0. The fourth-order valence-electron chi connectivity index (χ4n) is 1.13. The van der Waals surface area contributed by atoms with Crippen LogP contribution in [0.2, 0.25) is 0 Å². The van der Waals surface area contributed by atoms with Crippen LogP contribution in [-0.2, 0) is 0 Å². The highest BCUT2D eigenvalue weighted by atomic mass is 19.4. The van der Waals surface area contributed by atoms with Crippen molar-refractivity contribution in [3.05, 3.63) is 11.6 Å². The first-order chi connectivity index (χ1) is 5.49. The molecule has 0 aromatic heterocycles. The van der Waals surface area contributed by atoms with Crippen molar-refractivity contribution >= 4 is 0 Å². The smallest absolute Gasteiger partial charge is 0.171 e. The van der Waals surface area contributed by atoms with E-state index in [1.54, 1.807) is 6.08 Å². The Morgan fingerprint density at radius 2 is 1.83 bits per heavy atom. The van der Waals surface area contributed by atoms with Gasteiger partial charge in [0.1, 0.15) is 0 Å². The minimum absolute atomic E-state index is 0.521. The maximum absolute atomic E-state index is 11.9. The maximum Gasteiger partial charge on any atom is 0.392 e. The van der Waals surface area contributed by atoms with E-state index in [4.69, 9.17) is 0 Å². The van der Waals surface area contributed by atoms with Crippen LogP contribution in [-0.4, -0.2) is 6.18 Å². The summed E-state index contributed by atoms with van der Waals surface area (Å²) < 4.78 is 35.7. The van der Waals surface area contributed by atoms with E-state index in [0.717, 1.165) is 6.42 Å². The first kappa shape index (κ1) is 11.5. The van der Waals surface area contributed by atoms with E-state index in [1.165, 1.54) is 0 Å². The highest BCUT2D eigenvalue weighted by molar-refractivity contribution is 5.03. The van der Waals surface area contributed by atoms with E-state index in [2.05, 4.69) is 0 Å². The molecule has 0 unspecified atom stereocenters. The van der Waals surface area contributed by atoms with Crippen LogP contribution in [0.25, 0.3) is 0 Å². The van der Waals surface area contributed by atoms with Gasteiger partial charge in [-0.15, -0.1) is 0 Å². The Bertz CT molecular complexity index is 144. The first-order valence-electron chi connectivity index (χ1n) is 4.24. The second-order valence-electron chi connectivity index (χ2n) is 2.81. The van der Waals surface area contributed by atoms with Crippen LogP contribution in [0.5, 0.6) is 0 Å². The molecule has 72 valence electrons. The van der Waals surface area contributed by atoms with Crippen molar-refractivity contribution in [3.63, 3.8) is 0 Å². The molecule has 0 saturated carbocycles. The molecule has 0 aromatic carbocycles. The lowest BCUT2D eigenvalue weighted by molar-refractivity contribution is -0.127. The molecule has 0 rings (SSSR count). The molecule has 3 heteroatoms. The Kier molecular flexibility index (Phi) is 5.02. The SMILES string of the molecule is CC/C=C(\CCC)CC(F)(F)F. The Morgan fingerprint density at radius 3 is 2.17 bits per heavy atom. The van der Waals surface area contributed by atoms with Gasteiger partial charge in [-0.3, -0.25) is 0 Å². The average Bonchev–Trinajstić information content (AvgIpc) is 1.84. The maximum atomic E-state index is 11.9. The topological polar surface area (TPSA) is 0 Å². The first-order valence-corrected chi connectivity index (χ1v) is 4.24. The third kappa shape index (κ3) is 6.25. The van der Waals surface area contributed by atoms with Crippen molar-refractivity contribution in [2.75, 3.05) is 0 Å². The van der Waals surface area contributed by atoms with Gasteiger partial charge < -0.3 is 0 Å². The van der Waals surface area contributed by atoms with Gasteiger partial charge in [-0.05, 0) is 12.8 Å². The molecule has 0 bridgehead atoms. The highest BCUT2D eigenvalue weighted by Gasteiger charge is 2.27. The van der Waals surface area contributed by atoms with Crippen LogP contribution >= 0.6 is 0 Å². The van der Waals surface area contributed by atoms with Gasteiger partial charge in [0.25, 0.3) is 0 Å². The van der Waals surface area contributed by atoms with E-state index in [0.29, 0.717) is 18.4 Å². The number of alkyl halides is 3. The molecule has 0 aliphatic heterocycles. The Hall–Kier alpha value is -0.470. The lowest BCUT2D eigenvalue weighted by atomic mass is 10.1. The van der Waals surface area contributed by atoms with Gasteiger partial charge in [0.2, 0.25) is 0 Å². The summed E-state index contributed by atoms with van der Waals surface area (Å²) in [5.41, 5.74) is 0.521. The number of allylic oxidation sites excluding steroid dienone is 2. The Balaban J connectivity index is 4.05. The van der Waals surface area contributed by atoms with Crippen molar-refractivity contribution in [2.24, 2.45) is 0 Å². The number of hydrogen-bond acceptors (Lipinski definition) is 0. The summed E-state index contributed by atoms with van der Waals surface area (Å²) in [5.74, 6) is 0. The van der Waals surface area contributed by atoms with Crippen LogP contribution in [0.15, 0.2) is 11.6 Å². The van der Waals surface area contributed by atoms with E-state index < -0.39 is 12.6 Å². The van der Waals surface area contributed by atoms with Crippen molar-refractivity contribution < 1.29 is 13.2 Å². The molecule has 0 N–H and O–H groups in total. The third-order valence-electron chi connectivity index (χ3n) is 1.49. The van der Waals surface area contributed by atoms with Crippen LogP contribution in [0, 0.1) is 0 Å². The Labute approximate surface area is 71.5 Å². The highest BCUT2D eigenvalue weighted by Crippen LogP contribution is 2.26. The standard InChI is InChI=1S/C9H15F3/c1-3-5-8(6-4-2)7-9(10,11)12/h5H,3-4,6-7H2,1-2H3/b8-5+. The molecular weight excluding hydrogens is 165 g/mol. The lowest BCUT2D eigenvalue weighted by Gasteiger charge is -2.09. The van der Waals surface area contributed by atoms with Gasteiger partial charge in [0, 0.05) is 0 Å². The van der Waals surface area contributed by atoms with Gasteiger partial charge in [-0.1, -0.05) is 31.9 Å². The van der Waals surface area contributed by atoms with Gasteiger partial charge in [-0.25, -0.2) is 0 Å². The number of hydrogen-bond donors (Lipinski definition) is 0. The molecular formula is C9H15F3. The zero-order valence-corrected chi connectivity index (χ0v) is 7.54. The molecule has 0 aromatic rings. The predicted molar refractivity (Wildman–Crippen MR) is 44.0 cm³/mol. The van der Waals surface area contributed by atoms with Crippen LogP contribution in [0.1, 0.15) is 39.5 Å². The summed E-state index contributed by atoms with van der Waals surface area (Å²) in [4.78, 5) is 0. The molecule has 0 spiro atoms. The van der Waals surface area contributed by atoms with E-state index in [9.17, 15) is 13.2 Å². The zero-order chi connectivity index (χ0) is 9.61. The molecule has 0 amide bonds. The van der Waals surface area contributed by atoms with E-state index in [-0.39, 0.29) is 0 Å². The monoisotopic (exact) mass is 180 g/mol. The summed E-state index contributed by atoms with van der Waals surface area (Å²) in [5, 5.41) is 0. The average molecular weight is 180 g/mol. The fraction of sp³-hybridized carbons (Fsp3) is 0.778. The molecule has 0 saturated heterocycles. The van der Waals surface area contributed by atoms with Crippen molar-refractivity contribution in [3.8, 4) is 0 Å². The number of halogens is 3. The van der Waals surface area contributed by atoms with Crippen molar-refractivity contribution in [1.82, 2.24) is 0 Å². The second kappa shape index (κ2) is 5.22. The van der Waals surface area contributed by atoms with Crippen molar-refractivity contribution in [2.45, 2.75) is 45.7 Å². The summed E-state index contributed by atoms with van der Waals surface area (Å²) in [6.45, 7) is 3.74. The Morgan fingerprint density at radius 1 is 1.25 bits per heavy atom. The zero-order valence-electron chi connectivity index (χ0n) is 7.54. The van der Waals surface area contributed by atoms with Gasteiger partial charge >= 0.3 is 6.18 Å². The minimum Gasteiger partial charge on any atom is -0.171 e. The number of rotatable bonds is 4. The molecule has 0 heterocycles. The van der Waals surface area contributed by atoms with Gasteiger partial charge in [0.05, 0.1) is 6.42 Å². The normalized spacial score (nSPS) is 13.6. The van der Waals surface area contributed by atoms with Gasteiger partial charge in [0.15, 0.2) is 0 Å². The van der Waals surface area contributed by atoms with Crippen LogP contribution in [0.4, 0.5) is 13.2 Å². The largest absolute Gasteiger partial charge is 0.392 e. The fourth-order valence-corrected chi connectivity index (χ4v) is 1.13. The molecule has 0 nitrogen and oxygen atoms in total. The van der Waals surface area contributed by atoms with Gasteiger partial charge in [-0.2, -0.15) is 13.2 Å². The second-order valence-corrected chi connectivity index (χ2v) is 2.81. The quantitative estimate of drug-likeness (QED) is 0.572. The minimum atomic E-state index is -4.05. The molecule has 0 aliphatic carbocycles. The van der Waals surface area contributed by atoms with E-state index >= 15 is 0 Å². The van der Waals surface area contributed by atoms with Crippen molar-refractivity contribution in [1.29, 1.82) is 0 Å². The predicted octanol–water partition coefficient (Wildman–Crippen LogP) is 4.08.